The highest BCUT2D eigenvalue weighted by Gasteiger charge is 1.97. The summed E-state index contributed by atoms with van der Waals surface area (Å²) in [6, 6.07) is -0.166. The second kappa shape index (κ2) is 5.77. The molecule has 0 rings (SSSR count). The van der Waals surface area contributed by atoms with E-state index < -0.39 is 0 Å². The van der Waals surface area contributed by atoms with Crippen LogP contribution in [0.1, 0.15) is 8.35 Å². The topological polar surface area (TPSA) is 41.1 Å². The molecule has 3 nitrogen and oxygen atoms in total. The van der Waals surface area contributed by atoms with Crippen molar-refractivity contribution in [2.45, 2.75) is 6.92 Å². The first-order valence-electron chi connectivity index (χ1n) is 3.62. The summed E-state index contributed by atoms with van der Waals surface area (Å²) in [6.45, 7) is 10.2. The van der Waals surface area contributed by atoms with Crippen molar-refractivity contribution in [2.24, 2.45) is 5.92 Å². The van der Waals surface area contributed by atoms with Crippen LogP contribution in [-0.4, -0.2) is 19.1 Å². The van der Waals surface area contributed by atoms with Gasteiger partial charge in [-0.2, -0.15) is 0 Å². The van der Waals surface area contributed by atoms with E-state index >= 15 is 0 Å². The second-order valence-corrected chi connectivity index (χ2v) is 2.48. The minimum atomic E-state index is -0.166. The largest absolute Gasteiger partial charge is 1.00 e. The van der Waals surface area contributed by atoms with Crippen LogP contribution in [0.4, 0.5) is 4.79 Å². The van der Waals surface area contributed by atoms with Crippen LogP contribution in [0, 0.1) is 12.8 Å². The summed E-state index contributed by atoms with van der Waals surface area (Å²) < 4.78 is 0. The average molecular weight is 156 g/mol. The van der Waals surface area contributed by atoms with Gasteiger partial charge in [-0.25, -0.2) is 4.79 Å². The quantitative estimate of drug-likeness (QED) is 0.587. The van der Waals surface area contributed by atoms with E-state index in [4.69, 9.17) is 0 Å². The highest BCUT2D eigenvalue weighted by Crippen LogP contribution is 1.85. The van der Waals surface area contributed by atoms with Gasteiger partial charge in [0.05, 0.1) is 0 Å². The molecule has 0 aliphatic heterocycles. The molecule has 1 unspecified atom stereocenters. The molecule has 2 N–H and O–H groups in total. The van der Waals surface area contributed by atoms with E-state index in [1.54, 1.807) is 6.08 Å². The second-order valence-electron chi connectivity index (χ2n) is 2.48. The van der Waals surface area contributed by atoms with Gasteiger partial charge in [-0.15, -0.1) is 6.58 Å². The van der Waals surface area contributed by atoms with E-state index in [1.165, 1.54) is 0 Å². The molecular formula is C8H16N2O+. The zero-order valence-electron chi connectivity index (χ0n) is 7.89. The summed E-state index contributed by atoms with van der Waals surface area (Å²) in [5.41, 5.74) is 0. The molecule has 0 spiro atoms. The molecule has 0 aliphatic rings. The Labute approximate surface area is 69.4 Å². The van der Waals surface area contributed by atoms with Gasteiger partial charge in [-0.1, -0.05) is 13.0 Å². The molecule has 0 fully saturated rings. The molecule has 0 aliphatic carbocycles. The van der Waals surface area contributed by atoms with Gasteiger partial charge in [0.15, 0.2) is 0 Å². The standard InChI is InChI=1S/C8H15N2O/c1-4-5-9-8(11)10-6-7(2)3/h4,7H,1-2,5-6H2,3H3,(H2,9,10,11)/p+1. The summed E-state index contributed by atoms with van der Waals surface area (Å²) >= 11 is 0. The van der Waals surface area contributed by atoms with Crippen LogP contribution in [-0.2, 0) is 0 Å². The zero-order valence-corrected chi connectivity index (χ0v) is 6.89. The molecule has 0 aromatic rings. The lowest BCUT2D eigenvalue weighted by atomic mass is 10.2. The number of amides is 2. The molecule has 11 heavy (non-hydrogen) atoms. The van der Waals surface area contributed by atoms with Crippen LogP contribution < -0.4 is 10.6 Å². The van der Waals surface area contributed by atoms with E-state index in [9.17, 15) is 4.79 Å². The van der Waals surface area contributed by atoms with E-state index in [2.05, 4.69) is 24.1 Å². The Morgan fingerprint density at radius 3 is 2.82 bits per heavy atom. The number of nitrogens with one attached hydrogen (secondary N) is 2. The van der Waals surface area contributed by atoms with E-state index in [-0.39, 0.29) is 13.4 Å². The summed E-state index contributed by atoms with van der Waals surface area (Å²) in [7, 11) is 0. The first kappa shape index (κ1) is 10.0. The highest BCUT2D eigenvalue weighted by molar-refractivity contribution is 5.73. The van der Waals surface area contributed by atoms with Crippen LogP contribution >= 0.6 is 0 Å². The van der Waals surface area contributed by atoms with Crippen molar-refractivity contribution in [2.75, 3.05) is 13.1 Å². The third-order valence-electron chi connectivity index (χ3n) is 1.02. The Balaban J connectivity index is 0. The first-order valence-corrected chi connectivity index (χ1v) is 3.62. The zero-order chi connectivity index (χ0) is 8.69. The van der Waals surface area contributed by atoms with Crippen molar-refractivity contribution in [3.8, 4) is 0 Å². The van der Waals surface area contributed by atoms with E-state index in [1.807, 2.05) is 6.92 Å². The summed E-state index contributed by atoms with van der Waals surface area (Å²) in [4.78, 5) is 10.8. The molecule has 0 aromatic carbocycles. The van der Waals surface area contributed by atoms with Gasteiger partial charge in [-0.3, -0.25) is 0 Å². The van der Waals surface area contributed by atoms with Crippen LogP contribution in [0.15, 0.2) is 12.7 Å². The van der Waals surface area contributed by atoms with Gasteiger partial charge in [0.1, 0.15) is 0 Å². The Hall–Kier alpha value is -0.990. The molecule has 3 heteroatoms. The first-order chi connectivity index (χ1) is 5.16. The summed E-state index contributed by atoms with van der Waals surface area (Å²) in [5, 5.41) is 5.25. The minimum absolute atomic E-state index is 0. The van der Waals surface area contributed by atoms with Crippen LogP contribution in [0.3, 0.4) is 0 Å². The molecule has 0 heterocycles. The summed E-state index contributed by atoms with van der Waals surface area (Å²) in [5.74, 6) is 0.240. The maximum absolute atomic E-state index is 10.8. The number of urea groups is 1. The molecule has 0 saturated heterocycles. The number of rotatable bonds is 4. The maximum Gasteiger partial charge on any atom is 1.00 e. The third kappa shape index (κ3) is 6.90. The van der Waals surface area contributed by atoms with Gasteiger partial charge in [-0.05, 0) is 12.8 Å². The molecule has 0 aromatic heterocycles. The molecule has 1 radical (unpaired) electrons. The van der Waals surface area contributed by atoms with Crippen molar-refractivity contribution in [3.05, 3.63) is 19.6 Å². The Morgan fingerprint density at radius 1 is 1.73 bits per heavy atom. The number of hydrogen-bond donors (Lipinski definition) is 2. The minimum Gasteiger partial charge on any atom is -0.338 e. The fourth-order valence-electron chi connectivity index (χ4n) is 0.494. The normalized spacial score (nSPS) is 9.36. The van der Waals surface area contributed by atoms with Crippen LogP contribution in [0.5, 0.6) is 0 Å². The van der Waals surface area contributed by atoms with Gasteiger partial charge in [0.25, 0.3) is 0 Å². The predicted molar refractivity (Wildman–Crippen MR) is 47.2 cm³/mol. The number of hydrogen-bond acceptors (Lipinski definition) is 1. The molecular weight excluding hydrogens is 140 g/mol. The Bertz CT molecular complexity index is 137. The molecule has 2 amide bonds. The fourth-order valence-corrected chi connectivity index (χ4v) is 0.494. The maximum atomic E-state index is 10.8. The predicted octanol–water partition coefficient (Wildman–Crippen LogP) is 1.05. The van der Waals surface area contributed by atoms with Gasteiger partial charge < -0.3 is 10.6 Å². The molecule has 1 atom stereocenters. The fraction of sp³-hybridized carbons (Fsp3) is 0.500. The number of carbonyl (C=O) groups is 1. The van der Waals surface area contributed by atoms with Gasteiger partial charge in [0.2, 0.25) is 0 Å². The smallest absolute Gasteiger partial charge is 0.338 e. The molecule has 63 valence electrons. The Kier molecular flexibility index (Phi) is 5.25. The van der Waals surface area contributed by atoms with Crippen molar-refractivity contribution < 1.29 is 6.22 Å². The number of carbonyl (C=O) groups excluding carboxylic acids is 1. The van der Waals surface area contributed by atoms with E-state index in [0.29, 0.717) is 13.1 Å². The van der Waals surface area contributed by atoms with Crippen molar-refractivity contribution in [1.82, 2.24) is 10.6 Å². The lowest BCUT2D eigenvalue weighted by Crippen LogP contribution is -2.37. The van der Waals surface area contributed by atoms with Gasteiger partial charge in [0, 0.05) is 13.1 Å². The SMILES string of the molecule is [CH2]C(C)CNC(=O)NCC=C.[H+]. The lowest BCUT2D eigenvalue weighted by molar-refractivity contribution is 0.241. The van der Waals surface area contributed by atoms with Gasteiger partial charge >= 0.3 is 7.46 Å². The molecule has 0 saturated carbocycles. The average Bonchev–Trinajstić information content (AvgIpc) is 1.97. The lowest BCUT2D eigenvalue weighted by Gasteiger charge is -2.07. The molecule has 0 bridgehead atoms. The monoisotopic (exact) mass is 156 g/mol. The highest BCUT2D eigenvalue weighted by atomic mass is 16.2. The van der Waals surface area contributed by atoms with E-state index in [0.717, 1.165) is 0 Å². The third-order valence-corrected chi connectivity index (χ3v) is 1.02. The van der Waals surface area contributed by atoms with Crippen molar-refractivity contribution in [1.29, 1.82) is 0 Å². The van der Waals surface area contributed by atoms with Crippen LogP contribution in [0.25, 0.3) is 0 Å². The Morgan fingerprint density at radius 2 is 2.36 bits per heavy atom. The van der Waals surface area contributed by atoms with Crippen molar-refractivity contribution in [3.63, 3.8) is 0 Å². The summed E-state index contributed by atoms with van der Waals surface area (Å²) in [6.07, 6.45) is 1.63. The van der Waals surface area contributed by atoms with Crippen LogP contribution in [0.2, 0.25) is 0 Å². The van der Waals surface area contributed by atoms with Crippen molar-refractivity contribution >= 4 is 6.03 Å².